The summed E-state index contributed by atoms with van der Waals surface area (Å²) in [6, 6.07) is 14.1. The zero-order valence-electron chi connectivity index (χ0n) is 23.3. The number of nitrogens with zero attached hydrogens (tertiary/aromatic N) is 1. The molecule has 9 heteroatoms. The molecule has 3 rings (SSSR count). The Hall–Kier alpha value is -1.90. The molecule has 0 spiro atoms. The maximum atomic E-state index is 14.1. The first kappa shape index (κ1) is 30.6. The fourth-order valence-corrected chi connectivity index (χ4v) is 5.76. The summed E-state index contributed by atoms with van der Waals surface area (Å²) in [5, 5.41) is 1.17. The van der Waals surface area contributed by atoms with Crippen LogP contribution in [0.25, 0.3) is 0 Å². The molecular formula is C29H39Cl2NO5Si. The van der Waals surface area contributed by atoms with E-state index in [-0.39, 0.29) is 23.4 Å². The molecule has 2 aromatic rings. The van der Waals surface area contributed by atoms with Gasteiger partial charge in [-0.1, -0.05) is 75.2 Å². The Kier molecular flexibility index (Phi) is 10.1. The summed E-state index contributed by atoms with van der Waals surface area (Å²) in [5.41, 5.74) is 1.68. The number of rotatable bonds is 9. The van der Waals surface area contributed by atoms with Gasteiger partial charge in [-0.05, 0) is 59.9 Å². The molecule has 0 saturated carbocycles. The van der Waals surface area contributed by atoms with Gasteiger partial charge in [0.25, 0.3) is 5.91 Å². The SMILES string of the molecule is CC[C@@H](CO[Si](C)(C)C(C)(C)C)N1C(=O)[C@H](CC(=O)OC)O[C@H](c2cccc(Cl)c2)[C@H]1c1ccc(Cl)cc1. The van der Waals surface area contributed by atoms with Crippen molar-refractivity contribution in [3.63, 3.8) is 0 Å². The van der Waals surface area contributed by atoms with E-state index in [9.17, 15) is 9.59 Å². The van der Waals surface area contributed by atoms with Crippen LogP contribution < -0.4 is 0 Å². The van der Waals surface area contributed by atoms with Crippen LogP contribution in [-0.4, -0.2) is 51.0 Å². The molecule has 1 amide bonds. The van der Waals surface area contributed by atoms with Gasteiger partial charge in [-0.15, -0.1) is 0 Å². The van der Waals surface area contributed by atoms with Crippen molar-refractivity contribution in [3.8, 4) is 0 Å². The van der Waals surface area contributed by atoms with E-state index < -0.39 is 32.5 Å². The normalized spacial score (nSPS) is 21.3. The second-order valence-electron chi connectivity index (χ2n) is 11.3. The summed E-state index contributed by atoms with van der Waals surface area (Å²) < 4.78 is 17.9. The third kappa shape index (κ3) is 6.99. The van der Waals surface area contributed by atoms with E-state index >= 15 is 0 Å². The van der Waals surface area contributed by atoms with Gasteiger partial charge >= 0.3 is 5.97 Å². The van der Waals surface area contributed by atoms with E-state index in [1.165, 1.54) is 7.11 Å². The van der Waals surface area contributed by atoms with Crippen LogP contribution in [0.3, 0.4) is 0 Å². The highest BCUT2D eigenvalue weighted by Gasteiger charge is 2.48. The number of ether oxygens (including phenoxy) is 2. The highest BCUT2D eigenvalue weighted by Crippen LogP contribution is 2.45. The van der Waals surface area contributed by atoms with Crippen molar-refractivity contribution in [2.24, 2.45) is 0 Å². The molecule has 0 aliphatic carbocycles. The summed E-state index contributed by atoms with van der Waals surface area (Å²) in [6.07, 6.45) is -1.10. The standard InChI is InChI=1S/C29H39Cl2NO5Si/c1-8-23(18-36-38(6,7)29(2,3)4)32-26(19-12-14-21(30)15-13-19)27(20-10-9-11-22(31)16-20)37-24(28(32)34)17-25(33)35-5/h9-16,23-24,26-27H,8,17-18H2,1-7H3/t23-,24-,26+,27+/m0/s1. The van der Waals surface area contributed by atoms with Gasteiger partial charge in [-0.25, -0.2) is 0 Å². The zero-order valence-corrected chi connectivity index (χ0v) is 25.8. The first-order chi connectivity index (χ1) is 17.8. The highest BCUT2D eigenvalue weighted by molar-refractivity contribution is 6.74. The summed E-state index contributed by atoms with van der Waals surface area (Å²) >= 11 is 12.6. The lowest BCUT2D eigenvalue weighted by Gasteiger charge is -2.48. The maximum Gasteiger partial charge on any atom is 0.308 e. The van der Waals surface area contributed by atoms with E-state index in [4.69, 9.17) is 37.1 Å². The predicted molar refractivity (Wildman–Crippen MR) is 154 cm³/mol. The third-order valence-electron chi connectivity index (χ3n) is 7.70. The Morgan fingerprint density at radius 1 is 1.08 bits per heavy atom. The first-order valence-corrected chi connectivity index (χ1v) is 16.6. The minimum absolute atomic E-state index is 0.0205. The van der Waals surface area contributed by atoms with Gasteiger partial charge in [0.05, 0.1) is 32.2 Å². The molecule has 208 valence electrons. The molecular weight excluding hydrogens is 541 g/mol. The van der Waals surface area contributed by atoms with Crippen molar-refractivity contribution in [3.05, 3.63) is 69.7 Å². The number of carbonyl (C=O) groups excluding carboxylic acids is 2. The molecule has 1 fully saturated rings. The van der Waals surface area contributed by atoms with Gasteiger partial charge < -0.3 is 18.8 Å². The number of hydrogen-bond donors (Lipinski definition) is 0. The number of amides is 1. The fraction of sp³-hybridized carbons (Fsp3) is 0.517. The van der Waals surface area contributed by atoms with Crippen LogP contribution >= 0.6 is 23.2 Å². The average molecular weight is 581 g/mol. The quantitative estimate of drug-likeness (QED) is 0.229. The second-order valence-corrected chi connectivity index (χ2v) is 16.9. The molecule has 0 unspecified atom stereocenters. The molecule has 1 aliphatic heterocycles. The lowest BCUT2D eigenvalue weighted by molar-refractivity contribution is -0.185. The number of morpholine rings is 1. The van der Waals surface area contributed by atoms with Crippen LogP contribution in [0.15, 0.2) is 48.5 Å². The lowest BCUT2D eigenvalue weighted by atomic mass is 9.89. The van der Waals surface area contributed by atoms with Crippen molar-refractivity contribution in [1.82, 2.24) is 4.90 Å². The van der Waals surface area contributed by atoms with Crippen molar-refractivity contribution in [2.45, 2.75) is 83.0 Å². The molecule has 0 bridgehead atoms. The maximum absolute atomic E-state index is 14.1. The first-order valence-electron chi connectivity index (χ1n) is 13.0. The van der Waals surface area contributed by atoms with Gasteiger partial charge in [-0.2, -0.15) is 0 Å². The van der Waals surface area contributed by atoms with Crippen LogP contribution in [0.2, 0.25) is 28.2 Å². The van der Waals surface area contributed by atoms with E-state index in [0.717, 1.165) is 11.1 Å². The highest BCUT2D eigenvalue weighted by atomic mass is 35.5. The van der Waals surface area contributed by atoms with E-state index in [0.29, 0.717) is 23.1 Å². The van der Waals surface area contributed by atoms with Gasteiger partial charge in [-0.3, -0.25) is 9.59 Å². The largest absolute Gasteiger partial charge is 0.469 e. The van der Waals surface area contributed by atoms with E-state index in [2.05, 4.69) is 33.9 Å². The average Bonchev–Trinajstić information content (AvgIpc) is 2.85. The molecule has 0 aromatic heterocycles. The number of carbonyl (C=O) groups is 2. The number of hydrogen-bond acceptors (Lipinski definition) is 5. The number of benzene rings is 2. The van der Waals surface area contributed by atoms with E-state index in [1.807, 2.05) is 54.3 Å². The molecule has 4 atom stereocenters. The van der Waals surface area contributed by atoms with Crippen LogP contribution in [0.5, 0.6) is 0 Å². The van der Waals surface area contributed by atoms with E-state index in [1.54, 1.807) is 6.07 Å². The Morgan fingerprint density at radius 3 is 2.29 bits per heavy atom. The molecule has 1 heterocycles. The van der Waals surface area contributed by atoms with Crippen LogP contribution in [0, 0.1) is 0 Å². The minimum atomic E-state index is -2.09. The number of esters is 1. The van der Waals surface area contributed by atoms with Gasteiger partial charge in [0.2, 0.25) is 0 Å². The molecule has 2 aromatic carbocycles. The smallest absolute Gasteiger partial charge is 0.308 e. The zero-order chi connectivity index (χ0) is 28.3. The molecule has 38 heavy (non-hydrogen) atoms. The van der Waals surface area contributed by atoms with Crippen molar-refractivity contribution >= 4 is 43.4 Å². The van der Waals surface area contributed by atoms with Crippen LogP contribution in [-0.2, 0) is 23.5 Å². The second kappa shape index (κ2) is 12.5. The van der Waals surface area contributed by atoms with Crippen molar-refractivity contribution < 1.29 is 23.5 Å². The monoisotopic (exact) mass is 579 g/mol. The summed E-state index contributed by atoms with van der Waals surface area (Å²) in [6.45, 7) is 13.4. The predicted octanol–water partition coefficient (Wildman–Crippen LogP) is 7.37. The summed E-state index contributed by atoms with van der Waals surface area (Å²) in [4.78, 5) is 28.2. The molecule has 1 aliphatic rings. The topological polar surface area (TPSA) is 65.1 Å². The number of halogens is 2. The van der Waals surface area contributed by atoms with Gasteiger partial charge in [0.1, 0.15) is 12.2 Å². The van der Waals surface area contributed by atoms with Crippen LogP contribution in [0.4, 0.5) is 0 Å². The molecule has 1 saturated heterocycles. The van der Waals surface area contributed by atoms with Crippen LogP contribution in [0.1, 0.15) is 63.8 Å². The number of methoxy groups -OCH3 is 1. The Bertz CT molecular complexity index is 1120. The summed E-state index contributed by atoms with van der Waals surface area (Å²) in [5.74, 6) is -0.775. The lowest BCUT2D eigenvalue weighted by Crippen LogP contribution is -2.57. The Labute approximate surface area is 237 Å². The fourth-order valence-electron chi connectivity index (χ4n) is 4.39. The van der Waals surface area contributed by atoms with Gasteiger partial charge in [0.15, 0.2) is 8.32 Å². The van der Waals surface area contributed by atoms with Gasteiger partial charge in [0, 0.05) is 10.0 Å². The summed E-state index contributed by atoms with van der Waals surface area (Å²) in [7, 11) is -0.788. The Morgan fingerprint density at radius 2 is 1.74 bits per heavy atom. The molecule has 0 radical (unpaired) electrons. The molecule has 0 N–H and O–H groups in total. The van der Waals surface area contributed by atoms with Crippen molar-refractivity contribution in [2.75, 3.05) is 13.7 Å². The van der Waals surface area contributed by atoms with Crippen molar-refractivity contribution in [1.29, 1.82) is 0 Å². The molecule has 6 nitrogen and oxygen atoms in total. The minimum Gasteiger partial charge on any atom is -0.469 e. The Balaban J connectivity index is 2.13. The third-order valence-corrected chi connectivity index (χ3v) is 12.7.